The first-order valence-electron chi connectivity index (χ1n) is 7.83. The second-order valence-corrected chi connectivity index (χ2v) is 29.6. The second-order valence-electron chi connectivity index (χ2n) is 9.05. The lowest BCUT2D eigenvalue weighted by Gasteiger charge is -2.43. The van der Waals surface area contributed by atoms with Gasteiger partial charge in [0, 0.05) is 0 Å². The fraction of sp³-hybridized carbons (Fsp3) is 0.846. The number of hydrogen-bond acceptors (Lipinski definition) is 4. The van der Waals surface area contributed by atoms with Crippen LogP contribution in [0.25, 0.3) is 0 Å². The van der Waals surface area contributed by atoms with Gasteiger partial charge in [-0.1, -0.05) is 5.70 Å². The molecule has 0 N–H and O–H groups in total. The highest BCUT2D eigenvalue weighted by Crippen LogP contribution is 2.29. The highest BCUT2D eigenvalue weighted by Gasteiger charge is 2.55. The van der Waals surface area contributed by atoms with Crippen LogP contribution in [0.3, 0.4) is 0 Å². The van der Waals surface area contributed by atoms with Gasteiger partial charge in [-0.05, 0) is 72.0 Å². The van der Waals surface area contributed by atoms with E-state index in [4.69, 9.17) is 16.5 Å². The van der Waals surface area contributed by atoms with Crippen LogP contribution < -0.4 is 0 Å². The fourth-order valence-electron chi connectivity index (χ4n) is 1.61. The van der Waals surface area contributed by atoms with Gasteiger partial charge in [0.2, 0.25) is 8.32 Å². The van der Waals surface area contributed by atoms with Gasteiger partial charge in [-0.3, -0.25) is 0 Å². The monoisotopic (exact) mass is 396 g/mol. The lowest BCUT2D eigenvalue weighted by atomic mass is 11.3. The minimum Gasteiger partial charge on any atom is -0.396 e. The molecule has 0 radical (unpaired) electrons. The van der Waals surface area contributed by atoms with Crippen LogP contribution in [0.2, 0.25) is 72.0 Å². The standard InChI is InChI=1S/C13H36O4Si5/c1-13-21(11,12)17-22(14-18(2,3)4,15-19(5,6)7)16-20(8,9)10/h13H,1H2,2-12H3. The first-order valence-corrected chi connectivity index (χ1v) is 22.7. The van der Waals surface area contributed by atoms with E-state index < -0.39 is 42.3 Å². The van der Waals surface area contributed by atoms with Crippen molar-refractivity contribution >= 4 is 42.3 Å². The molecular weight excluding hydrogens is 361 g/mol. The number of hydrogen-bond donors (Lipinski definition) is 0. The molecule has 0 atom stereocenters. The average Bonchev–Trinajstić information content (AvgIpc) is 2.06. The maximum Gasteiger partial charge on any atom is 0.637 e. The maximum absolute atomic E-state index is 6.50. The van der Waals surface area contributed by atoms with Crippen molar-refractivity contribution in [3.8, 4) is 0 Å². The zero-order chi connectivity index (χ0) is 18.0. The molecule has 0 aromatic rings. The van der Waals surface area contributed by atoms with Gasteiger partial charge in [-0.15, -0.1) is 6.58 Å². The summed E-state index contributed by atoms with van der Waals surface area (Å²) < 4.78 is 25.9. The summed E-state index contributed by atoms with van der Waals surface area (Å²) in [6, 6.07) is 0. The molecule has 0 bridgehead atoms. The molecule has 0 aliphatic heterocycles. The van der Waals surface area contributed by atoms with Crippen LogP contribution >= 0.6 is 0 Å². The summed E-state index contributed by atoms with van der Waals surface area (Å²) >= 11 is 0. The van der Waals surface area contributed by atoms with Crippen LogP contribution in [0.1, 0.15) is 0 Å². The van der Waals surface area contributed by atoms with Crippen molar-refractivity contribution in [2.75, 3.05) is 0 Å². The van der Waals surface area contributed by atoms with E-state index in [1.54, 1.807) is 0 Å². The summed E-state index contributed by atoms with van der Waals surface area (Å²) in [4.78, 5) is 0. The minimum atomic E-state index is -3.18. The Morgan fingerprint density at radius 2 is 0.818 bits per heavy atom. The van der Waals surface area contributed by atoms with E-state index in [0.29, 0.717) is 0 Å². The van der Waals surface area contributed by atoms with Crippen molar-refractivity contribution in [3.63, 3.8) is 0 Å². The van der Waals surface area contributed by atoms with Gasteiger partial charge in [0.1, 0.15) is 0 Å². The van der Waals surface area contributed by atoms with Crippen LogP contribution in [0.4, 0.5) is 0 Å². The molecule has 0 saturated carbocycles. The number of rotatable bonds is 9. The van der Waals surface area contributed by atoms with Gasteiger partial charge < -0.3 is 16.5 Å². The summed E-state index contributed by atoms with van der Waals surface area (Å²) in [6.07, 6.45) is 0. The van der Waals surface area contributed by atoms with Crippen LogP contribution in [-0.2, 0) is 16.5 Å². The zero-order valence-electron chi connectivity index (χ0n) is 16.4. The topological polar surface area (TPSA) is 36.9 Å². The van der Waals surface area contributed by atoms with Gasteiger partial charge >= 0.3 is 9.05 Å². The predicted octanol–water partition coefficient (Wildman–Crippen LogP) is 4.92. The molecule has 0 aliphatic rings. The molecule has 9 heteroatoms. The fourth-order valence-corrected chi connectivity index (χ4v) is 16.8. The lowest BCUT2D eigenvalue weighted by Crippen LogP contribution is -2.65. The molecule has 0 unspecified atom stereocenters. The van der Waals surface area contributed by atoms with Crippen molar-refractivity contribution in [1.29, 1.82) is 0 Å². The zero-order valence-corrected chi connectivity index (χ0v) is 21.4. The first kappa shape index (κ1) is 22.7. The van der Waals surface area contributed by atoms with Gasteiger partial charge in [0.15, 0.2) is 25.0 Å². The smallest absolute Gasteiger partial charge is 0.396 e. The van der Waals surface area contributed by atoms with Crippen molar-refractivity contribution in [2.45, 2.75) is 72.0 Å². The molecule has 132 valence electrons. The summed E-state index contributed by atoms with van der Waals surface area (Å²) in [7, 11) is -10.9. The van der Waals surface area contributed by atoms with Crippen LogP contribution in [-0.4, -0.2) is 42.3 Å². The van der Waals surface area contributed by atoms with E-state index in [1.807, 2.05) is 5.70 Å². The minimum absolute atomic E-state index is 1.89. The van der Waals surface area contributed by atoms with Gasteiger partial charge in [0.05, 0.1) is 0 Å². The first-order chi connectivity index (χ1) is 9.39. The summed E-state index contributed by atoms with van der Waals surface area (Å²) in [6.45, 7) is 27.5. The average molecular weight is 397 g/mol. The third-order valence-corrected chi connectivity index (χ3v) is 16.6. The summed E-state index contributed by atoms with van der Waals surface area (Å²) in [5.74, 6) is 0. The van der Waals surface area contributed by atoms with Crippen LogP contribution in [0.15, 0.2) is 12.3 Å². The Hall–Kier alpha value is 0.664. The molecule has 0 heterocycles. The van der Waals surface area contributed by atoms with Crippen molar-refractivity contribution < 1.29 is 16.5 Å². The molecule has 0 fully saturated rings. The molecular formula is C13H36O4Si5. The molecule has 0 rings (SSSR count). The summed E-state index contributed by atoms with van der Waals surface area (Å²) in [5.41, 5.74) is 1.92. The second kappa shape index (κ2) is 7.27. The quantitative estimate of drug-likeness (QED) is 0.518. The van der Waals surface area contributed by atoms with E-state index in [9.17, 15) is 0 Å². The molecule has 0 aliphatic carbocycles. The normalized spacial score (nSPS) is 15.0. The van der Waals surface area contributed by atoms with E-state index in [0.717, 1.165) is 0 Å². The van der Waals surface area contributed by atoms with E-state index in [2.05, 4.69) is 78.6 Å². The Morgan fingerprint density at radius 3 is 1.00 bits per heavy atom. The molecule has 0 aromatic carbocycles. The van der Waals surface area contributed by atoms with Gasteiger partial charge in [-0.2, -0.15) is 0 Å². The SMILES string of the molecule is C=C[Si](C)(C)O[Si](O[Si](C)(C)C)(O[Si](C)(C)C)O[Si](C)(C)C. The van der Waals surface area contributed by atoms with E-state index in [1.165, 1.54) is 0 Å². The van der Waals surface area contributed by atoms with Crippen molar-refractivity contribution in [3.05, 3.63) is 12.3 Å². The van der Waals surface area contributed by atoms with E-state index in [-0.39, 0.29) is 0 Å². The van der Waals surface area contributed by atoms with Crippen LogP contribution in [0.5, 0.6) is 0 Å². The highest BCUT2D eigenvalue weighted by molar-refractivity contribution is 6.92. The maximum atomic E-state index is 6.50. The van der Waals surface area contributed by atoms with Crippen LogP contribution in [0, 0.1) is 0 Å². The highest BCUT2D eigenvalue weighted by atomic mass is 28.5. The third-order valence-electron chi connectivity index (χ3n) is 2.17. The molecule has 0 aromatic heterocycles. The van der Waals surface area contributed by atoms with Crippen molar-refractivity contribution in [2.24, 2.45) is 0 Å². The van der Waals surface area contributed by atoms with Gasteiger partial charge in [0.25, 0.3) is 0 Å². The predicted molar refractivity (Wildman–Crippen MR) is 108 cm³/mol. The Kier molecular flexibility index (Phi) is 7.49. The molecule has 0 amide bonds. The molecule has 0 spiro atoms. The Balaban J connectivity index is 5.84. The molecule has 0 saturated heterocycles. The Labute approximate surface area is 143 Å². The Morgan fingerprint density at radius 1 is 0.545 bits per heavy atom. The van der Waals surface area contributed by atoms with Gasteiger partial charge in [-0.25, -0.2) is 0 Å². The van der Waals surface area contributed by atoms with Crippen molar-refractivity contribution in [1.82, 2.24) is 0 Å². The largest absolute Gasteiger partial charge is 0.637 e. The lowest BCUT2D eigenvalue weighted by molar-refractivity contribution is 0.150. The van der Waals surface area contributed by atoms with E-state index >= 15 is 0 Å². The Bertz CT molecular complexity index is 339. The molecule has 4 nitrogen and oxygen atoms in total. The third kappa shape index (κ3) is 10.4. The summed E-state index contributed by atoms with van der Waals surface area (Å²) in [5, 5.41) is 0. The molecule has 22 heavy (non-hydrogen) atoms.